The molecule has 0 aromatic carbocycles. The van der Waals surface area contributed by atoms with Crippen molar-refractivity contribution in [3.05, 3.63) is 35.7 Å². The summed E-state index contributed by atoms with van der Waals surface area (Å²) >= 11 is 0. The van der Waals surface area contributed by atoms with Gasteiger partial charge < -0.3 is 5.21 Å². The molecular formula is C12H14N2O. The molecule has 1 aliphatic rings. The van der Waals surface area contributed by atoms with Crippen molar-refractivity contribution in [3.63, 3.8) is 0 Å². The Balaban J connectivity index is 2.35. The average Bonchev–Trinajstić information content (AvgIpc) is 2.29. The SMILES string of the molecule is Cc1cc(C2=C/C(=N/O)CCC2)ccn1. The fraction of sp³-hybridized carbons (Fsp3) is 0.333. The van der Waals surface area contributed by atoms with Crippen molar-refractivity contribution in [2.24, 2.45) is 5.16 Å². The molecule has 0 unspecified atom stereocenters. The number of pyridine rings is 1. The lowest BCUT2D eigenvalue weighted by atomic mass is 9.93. The normalized spacial score (nSPS) is 19.0. The maximum absolute atomic E-state index is 8.74. The Bertz CT molecular complexity index is 421. The summed E-state index contributed by atoms with van der Waals surface area (Å²) in [5.74, 6) is 0. The number of hydrogen-bond donors (Lipinski definition) is 1. The van der Waals surface area contributed by atoms with Crippen LogP contribution in [-0.4, -0.2) is 15.9 Å². The molecule has 1 N–H and O–H groups in total. The van der Waals surface area contributed by atoms with Gasteiger partial charge in [0, 0.05) is 11.9 Å². The lowest BCUT2D eigenvalue weighted by Crippen LogP contribution is -2.03. The lowest BCUT2D eigenvalue weighted by Gasteiger charge is -2.13. The molecule has 0 spiro atoms. The molecule has 3 heteroatoms. The second-order valence-corrected chi connectivity index (χ2v) is 3.80. The van der Waals surface area contributed by atoms with E-state index in [2.05, 4.69) is 16.2 Å². The highest BCUT2D eigenvalue weighted by Gasteiger charge is 2.10. The van der Waals surface area contributed by atoms with Gasteiger partial charge in [-0.25, -0.2) is 0 Å². The van der Waals surface area contributed by atoms with Crippen molar-refractivity contribution in [2.45, 2.75) is 26.2 Å². The molecule has 15 heavy (non-hydrogen) atoms. The summed E-state index contributed by atoms with van der Waals surface area (Å²) in [5.41, 5.74) is 4.20. The molecule has 0 saturated carbocycles. The van der Waals surface area contributed by atoms with Crippen molar-refractivity contribution in [1.29, 1.82) is 0 Å². The van der Waals surface area contributed by atoms with Crippen LogP contribution in [0.4, 0.5) is 0 Å². The fourth-order valence-corrected chi connectivity index (χ4v) is 1.86. The van der Waals surface area contributed by atoms with E-state index in [0.717, 1.165) is 30.7 Å². The van der Waals surface area contributed by atoms with E-state index in [4.69, 9.17) is 5.21 Å². The van der Waals surface area contributed by atoms with E-state index in [1.54, 1.807) is 0 Å². The Kier molecular flexibility index (Phi) is 2.81. The first-order chi connectivity index (χ1) is 7.29. The van der Waals surface area contributed by atoms with Crippen LogP contribution in [0.15, 0.2) is 29.6 Å². The smallest absolute Gasteiger partial charge is 0.0798 e. The molecule has 1 heterocycles. The first-order valence-corrected chi connectivity index (χ1v) is 5.14. The van der Waals surface area contributed by atoms with Gasteiger partial charge in [-0.15, -0.1) is 0 Å². The summed E-state index contributed by atoms with van der Waals surface area (Å²) < 4.78 is 0. The zero-order valence-electron chi connectivity index (χ0n) is 8.77. The minimum Gasteiger partial charge on any atom is -0.411 e. The maximum Gasteiger partial charge on any atom is 0.0798 e. The van der Waals surface area contributed by atoms with E-state index in [0.29, 0.717) is 0 Å². The summed E-state index contributed by atoms with van der Waals surface area (Å²) in [6, 6.07) is 4.06. The first-order valence-electron chi connectivity index (χ1n) is 5.14. The molecule has 3 nitrogen and oxygen atoms in total. The fourth-order valence-electron chi connectivity index (χ4n) is 1.86. The van der Waals surface area contributed by atoms with Gasteiger partial charge in [-0.05, 0) is 55.5 Å². The lowest BCUT2D eigenvalue weighted by molar-refractivity contribution is 0.318. The number of allylic oxidation sites excluding steroid dienone is 2. The zero-order chi connectivity index (χ0) is 10.7. The van der Waals surface area contributed by atoms with E-state index < -0.39 is 0 Å². The van der Waals surface area contributed by atoms with Crippen LogP contribution in [0, 0.1) is 6.92 Å². The van der Waals surface area contributed by atoms with Gasteiger partial charge in [-0.3, -0.25) is 4.98 Å². The highest BCUT2D eigenvalue weighted by molar-refractivity contribution is 6.01. The van der Waals surface area contributed by atoms with Gasteiger partial charge in [0.1, 0.15) is 0 Å². The summed E-state index contributed by atoms with van der Waals surface area (Å²) in [6.07, 6.45) is 6.74. The van der Waals surface area contributed by atoms with Crippen LogP contribution in [0.25, 0.3) is 5.57 Å². The highest BCUT2D eigenvalue weighted by Crippen LogP contribution is 2.25. The Hall–Kier alpha value is -1.64. The molecule has 1 aromatic rings. The van der Waals surface area contributed by atoms with Gasteiger partial charge in [0.2, 0.25) is 0 Å². The van der Waals surface area contributed by atoms with Crippen LogP contribution >= 0.6 is 0 Å². The van der Waals surface area contributed by atoms with Crippen molar-refractivity contribution in [2.75, 3.05) is 0 Å². The molecule has 2 rings (SSSR count). The molecule has 78 valence electrons. The predicted molar refractivity (Wildman–Crippen MR) is 60.0 cm³/mol. The minimum absolute atomic E-state index is 0.769. The molecule has 0 radical (unpaired) electrons. The summed E-state index contributed by atoms with van der Waals surface area (Å²) in [7, 11) is 0. The van der Waals surface area contributed by atoms with Crippen LogP contribution in [0.5, 0.6) is 0 Å². The molecule has 0 fully saturated rings. The number of aryl methyl sites for hydroxylation is 1. The molecule has 0 bridgehead atoms. The molecule has 1 aliphatic carbocycles. The van der Waals surface area contributed by atoms with Crippen LogP contribution in [0.1, 0.15) is 30.5 Å². The molecule has 0 saturated heterocycles. The number of nitrogens with zero attached hydrogens (tertiary/aromatic N) is 2. The third-order valence-electron chi connectivity index (χ3n) is 2.62. The predicted octanol–water partition coefficient (Wildman–Crippen LogP) is 2.79. The number of rotatable bonds is 1. The summed E-state index contributed by atoms with van der Waals surface area (Å²) in [5, 5.41) is 12.0. The molecule has 0 amide bonds. The number of oxime groups is 1. The van der Waals surface area contributed by atoms with E-state index >= 15 is 0 Å². The first kappa shape index (κ1) is 9.90. The van der Waals surface area contributed by atoms with Crippen LogP contribution in [0.3, 0.4) is 0 Å². The average molecular weight is 202 g/mol. The molecule has 0 aliphatic heterocycles. The second-order valence-electron chi connectivity index (χ2n) is 3.80. The third kappa shape index (κ3) is 2.24. The minimum atomic E-state index is 0.769. The van der Waals surface area contributed by atoms with E-state index in [1.165, 1.54) is 11.1 Å². The van der Waals surface area contributed by atoms with Gasteiger partial charge in [0.15, 0.2) is 0 Å². The Labute approximate surface area is 89.2 Å². The largest absolute Gasteiger partial charge is 0.411 e. The standard InChI is InChI=1S/C12H14N2O/c1-9-7-11(5-6-13-9)10-3-2-4-12(8-10)14-15/h5-8,15H,2-4H2,1H3/b14-12+. The Morgan fingerprint density at radius 3 is 3.00 bits per heavy atom. The highest BCUT2D eigenvalue weighted by atomic mass is 16.4. The van der Waals surface area contributed by atoms with Crippen molar-refractivity contribution < 1.29 is 5.21 Å². The van der Waals surface area contributed by atoms with Gasteiger partial charge >= 0.3 is 0 Å². The van der Waals surface area contributed by atoms with Gasteiger partial charge in [0.25, 0.3) is 0 Å². The van der Waals surface area contributed by atoms with E-state index in [1.807, 2.05) is 25.3 Å². The van der Waals surface area contributed by atoms with E-state index in [-0.39, 0.29) is 0 Å². The van der Waals surface area contributed by atoms with Gasteiger partial charge in [-0.2, -0.15) is 0 Å². The van der Waals surface area contributed by atoms with Crippen molar-refractivity contribution in [1.82, 2.24) is 4.98 Å². The Morgan fingerprint density at radius 1 is 1.40 bits per heavy atom. The number of hydrogen-bond acceptors (Lipinski definition) is 3. The van der Waals surface area contributed by atoms with Gasteiger partial charge in [-0.1, -0.05) is 5.16 Å². The third-order valence-corrected chi connectivity index (χ3v) is 2.62. The van der Waals surface area contributed by atoms with Crippen LogP contribution in [0.2, 0.25) is 0 Å². The molecule has 0 atom stereocenters. The Morgan fingerprint density at radius 2 is 2.27 bits per heavy atom. The zero-order valence-corrected chi connectivity index (χ0v) is 8.77. The van der Waals surface area contributed by atoms with Gasteiger partial charge in [0.05, 0.1) is 5.71 Å². The number of aromatic nitrogens is 1. The maximum atomic E-state index is 8.74. The quantitative estimate of drug-likeness (QED) is 0.562. The molecule has 1 aromatic heterocycles. The topological polar surface area (TPSA) is 45.5 Å². The monoisotopic (exact) mass is 202 g/mol. The van der Waals surface area contributed by atoms with Crippen LogP contribution in [-0.2, 0) is 0 Å². The summed E-state index contributed by atoms with van der Waals surface area (Å²) in [6.45, 7) is 1.98. The summed E-state index contributed by atoms with van der Waals surface area (Å²) in [4.78, 5) is 4.17. The second kappa shape index (κ2) is 4.26. The molecular weight excluding hydrogens is 188 g/mol. The van der Waals surface area contributed by atoms with Crippen LogP contribution < -0.4 is 0 Å². The van der Waals surface area contributed by atoms with E-state index in [9.17, 15) is 0 Å². The van der Waals surface area contributed by atoms with Crippen molar-refractivity contribution in [3.8, 4) is 0 Å². The van der Waals surface area contributed by atoms with Crippen molar-refractivity contribution >= 4 is 11.3 Å².